The number of likely N-dealkylation sites (tertiary alicyclic amines) is 1. The molecule has 0 spiro atoms. The van der Waals surface area contributed by atoms with Gasteiger partial charge < -0.3 is 10.2 Å². The summed E-state index contributed by atoms with van der Waals surface area (Å²) in [6, 6.07) is 3.71. The summed E-state index contributed by atoms with van der Waals surface area (Å²) in [4.78, 5) is 18.9. The lowest BCUT2D eigenvalue weighted by Gasteiger charge is -2.24. The fourth-order valence-corrected chi connectivity index (χ4v) is 2.81. The SMILES string of the molecule is CCNc1cc(C(=O)N2CCCC2c2cn[nH]c2)ccn1. The molecule has 6 nitrogen and oxygen atoms in total. The first-order valence-corrected chi connectivity index (χ1v) is 7.29. The van der Waals surface area contributed by atoms with Gasteiger partial charge in [-0.3, -0.25) is 9.89 Å². The number of aromatic amines is 1. The highest BCUT2D eigenvalue weighted by Crippen LogP contribution is 2.32. The van der Waals surface area contributed by atoms with E-state index in [2.05, 4.69) is 20.5 Å². The first-order valence-electron chi connectivity index (χ1n) is 7.29. The van der Waals surface area contributed by atoms with Crippen LogP contribution in [-0.4, -0.2) is 39.1 Å². The van der Waals surface area contributed by atoms with E-state index in [1.165, 1.54) is 0 Å². The zero-order valence-corrected chi connectivity index (χ0v) is 12.0. The van der Waals surface area contributed by atoms with Crippen LogP contribution in [0.4, 0.5) is 5.82 Å². The maximum atomic E-state index is 12.7. The van der Waals surface area contributed by atoms with Crippen molar-refractivity contribution in [3.05, 3.63) is 41.9 Å². The second-order valence-corrected chi connectivity index (χ2v) is 5.15. The lowest BCUT2D eigenvalue weighted by atomic mass is 10.1. The molecule has 2 N–H and O–H groups in total. The number of amides is 1. The van der Waals surface area contributed by atoms with Gasteiger partial charge in [0.05, 0.1) is 12.2 Å². The van der Waals surface area contributed by atoms with Gasteiger partial charge >= 0.3 is 0 Å². The molecule has 110 valence electrons. The summed E-state index contributed by atoms with van der Waals surface area (Å²) < 4.78 is 0. The Kier molecular flexibility index (Phi) is 3.85. The van der Waals surface area contributed by atoms with E-state index in [9.17, 15) is 4.79 Å². The molecule has 1 atom stereocenters. The van der Waals surface area contributed by atoms with Crippen LogP contribution in [0.2, 0.25) is 0 Å². The molecule has 6 heteroatoms. The van der Waals surface area contributed by atoms with Crippen molar-refractivity contribution in [3.63, 3.8) is 0 Å². The smallest absolute Gasteiger partial charge is 0.254 e. The first kappa shape index (κ1) is 13.6. The summed E-state index contributed by atoms with van der Waals surface area (Å²) >= 11 is 0. The molecular formula is C15H19N5O. The number of carbonyl (C=O) groups is 1. The van der Waals surface area contributed by atoms with Gasteiger partial charge in [0, 0.05) is 36.6 Å². The van der Waals surface area contributed by atoms with Crippen molar-refractivity contribution >= 4 is 11.7 Å². The third-order valence-electron chi connectivity index (χ3n) is 3.78. The van der Waals surface area contributed by atoms with Crippen LogP contribution >= 0.6 is 0 Å². The minimum Gasteiger partial charge on any atom is -0.370 e. The van der Waals surface area contributed by atoms with Crippen LogP contribution in [-0.2, 0) is 0 Å². The third kappa shape index (κ3) is 2.74. The normalized spacial score (nSPS) is 18.0. The predicted molar refractivity (Wildman–Crippen MR) is 80.0 cm³/mol. The van der Waals surface area contributed by atoms with Crippen LogP contribution in [0.1, 0.15) is 41.7 Å². The van der Waals surface area contributed by atoms with Crippen LogP contribution in [0.3, 0.4) is 0 Å². The zero-order valence-electron chi connectivity index (χ0n) is 12.0. The second-order valence-electron chi connectivity index (χ2n) is 5.15. The Bertz CT molecular complexity index is 610. The van der Waals surface area contributed by atoms with Crippen LogP contribution in [0, 0.1) is 0 Å². The van der Waals surface area contributed by atoms with Crippen molar-refractivity contribution in [1.82, 2.24) is 20.1 Å². The molecule has 0 bridgehead atoms. The number of nitrogens with zero attached hydrogens (tertiary/aromatic N) is 3. The summed E-state index contributed by atoms with van der Waals surface area (Å²) in [5.74, 6) is 0.794. The van der Waals surface area contributed by atoms with E-state index in [0.29, 0.717) is 5.56 Å². The average Bonchev–Trinajstić information content (AvgIpc) is 3.18. The number of anilines is 1. The van der Waals surface area contributed by atoms with Crippen molar-refractivity contribution in [2.45, 2.75) is 25.8 Å². The van der Waals surface area contributed by atoms with E-state index < -0.39 is 0 Å². The Morgan fingerprint density at radius 3 is 3.24 bits per heavy atom. The molecule has 21 heavy (non-hydrogen) atoms. The quantitative estimate of drug-likeness (QED) is 0.903. The van der Waals surface area contributed by atoms with E-state index in [1.807, 2.05) is 24.1 Å². The Morgan fingerprint density at radius 2 is 2.48 bits per heavy atom. The lowest BCUT2D eigenvalue weighted by Crippen LogP contribution is -2.30. The van der Waals surface area contributed by atoms with E-state index in [1.54, 1.807) is 18.5 Å². The summed E-state index contributed by atoms with van der Waals surface area (Å²) in [7, 11) is 0. The van der Waals surface area contributed by atoms with Gasteiger partial charge in [-0.1, -0.05) is 0 Å². The van der Waals surface area contributed by atoms with Crippen molar-refractivity contribution in [2.24, 2.45) is 0 Å². The fraction of sp³-hybridized carbons (Fsp3) is 0.400. The molecule has 0 radical (unpaired) electrons. The molecule has 1 fully saturated rings. The van der Waals surface area contributed by atoms with E-state index in [0.717, 1.165) is 37.3 Å². The number of pyridine rings is 1. The number of aromatic nitrogens is 3. The van der Waals surface area contributed by atoms with Gasteiger partial charge in [0.1, 0.15) is 5.82 Å². The summed E-state index contributed by atoms with van der Waals surface area (Å²) in [5, 5.41) is 9.95. The molecule has 2 aromatic rings. The second kappa shape index (κ2) is 5.95. The molecule has 1 amide bonds. The monoisotopic (exact) mass is 285 g/mol. The molecule has 3 heterocycles. The van der Waals surface area contributed by atoms with Gasteiger partial charge in [0.2, 0.25) is 0 Å². The van der Waals surface area contributed by atoms with Crippen molar-refractivity contribution < 1.29 is 4.79 Å². The number of hydrogen-bond donors (Lipinski definition) is 2. The number of nitrogens with one attached hydrogen (secondary N) is 2. The maximum Gasteiger partial charge on any atom is 0.254 e. The van der Waals surface area contributed by atoms with Crippen molar-refractivity contribution in [1.29, 1.82) is 0 Å². The number of rotatable bonds is 4. The van der Waals surface area contributed by atoms with Crippen LogP contribution < -0.4 is 5.32 Å². The molecule has 1 saturated heterocycles. The maximum absolute atomic E-state index is 12.7. The largest absolute Gasteiger partial charge is 0.370 e. The molecule has 1 aliphatic rings. The van der Waals surface area contributed by atoms with E-state index >= 15 is 0 Å². The first-order chi connectivity index (χ1) is 10.3. The van der Waals surface area contributed by atoms with Crippen LogP contribution in [0.15, 0.2) is 30.7 Å². The Balaban J connectivity index is 1.82. The summed E-state index contributed by atoms with van der Waals surface area (Å²) in [6.45, 7) is 3.57. The fourth-order valence-electron chi connectivity index (χ4n) is 2.81. The minimum absolute atomic E-state index is 0.0558. The Labute approximate surface area is 123 Å². The van der Waals surface area contributed by atoms with E-state index in [-0.39, 0.29) is 11.9 Å². The Morgan fingerprint density at radius 1 is 1.57 bits per heavy atom. The highest BCUT2D eigenvalue weighted by Gasteiger charge is 2.31. The summed E-state index contributed by atoms with van der Waals surface area (Å²) in [6.07, 6.45) is 7.34. The lowest BCUT2D eigenvalue weighted by molar-refractivity contribution is 0.0735. The minimum atomic E-state index is 0.0558. The molecule has 1 aliphatic heterocycles. The van der Waals surface area contributed by atoms with Gasteiger partial charge in [-0.15, -0.1) is 0 Å². The third-order valence-corrected chi connectivity index (χ3v) is 3.78. The molecule has 0 saturated carbocycles. The zero-order chi connectivity index (χ0) is 14.7. The van der Waals surface area contributed by atoms with Gasteiger partial charge in [0.25, 0.3) is 5.91 Å². The van der Waals surface area contributed by atoms with Crippen molar-refractivity contribution in [3.8, 4) is 0 Å². The van der Waals surface area contributed by atoms with Gasteiger partial charge in [-0.25, -0.2) is 4.98 Å². The van der Waals surface area contributed by atoms with Gasteiger partial charge in [0.15, 0.2) is 0 Å². The molecule has 0 aliphatic carbocycles. The number of H-pyrrole nitrogens is 1. The Hall–Kier alpha value is -2.37. The molecule has 3 rings (SSSR count). The predicted octanol–water partition coefficient (Wildman–Crippen LogP) is 2.21. The highest BCUT2D eigenvalue weighted by molar-refractivity contribution is 5.95. The molecular weight excluding hydrogens is 266 g/mol. The van der Waals surface area contributed by atoms with Crippen LogP contribution in [0.5, 0.6) is 0 Å². The van der Waals surface area contributed by atoms with E-state index in [4.69, 9.17) is 0 Å². The average molecular weight is 285 g/mol. The molecule has 1 unspecified atom stereocenters. The molecule has 0 aromatic carbocycles. The summed E-state index contributed by atoms with van der Waals surface area (Å²) in [5.41, 5.74) is 1.75. The van der Waals surface area contributed by atoms with Crippen LogP contribution in [0.25, 0.3) is 0 Å². The van der Waals surface area contributed by atoms with Gasteiger partial charge in [-0.2, -0.15) is 5.10 Å². The highest BCUT2D eigenvalue weighted by atomic mass is 16.2. The standard InChI is InChI=1S/C15H19N5O/c1-2-16-14-8-11(5-6-17-14)15(21)20-7-3-4-13(20)12-9-18-19-10-12/h5-6,8-10,13H,2-4,7H2,1H3,(H,16,17)(H,18,19). The number of hydrogen-bond acceptors (Lipinski definition) is 4. The van der Waals surface area contributed by atoms with Crippen molar-refractivity contribution in [2.75, 3.05) is 18.4 Å². The van der Waals surface area contributed by atoms with Gasteiger partial charge in [-0.05, 0) is 31.9 Å². The number of carbonyl (C=O) groups excluding carboxylic acids is 1. The topological polar surface area (TPSA) is 73.9 Å². The molecule has 2 aromatic heterocycles.